The van der Waals surface area contributed by atoms with Crippen molar-refractivity contribution in [3.8, 4) is 5.75 Å². The van der Waals surface area contributed by atoms with Gasteiger partial charge in [-0.25, -0.2) is 8.42 Å². The third kappa shape index (κ3) is 5.73. The lowest BCUT2D eigenvalue weighted by Gasteiger charge is -2.22. The second-order valence-electron chi connectivity index (χ2n) is 7.59. The summed E-state index contributed by atoms with van der Waals surface area (Å²) >= 11 is 0. The first-order valence-electron chi connectivity index (χ1n) is 8.31. The fourth-order valence-electron chi connectivity index (χ4n) is 2.56. The molecule has 0 atom stereocenters. The Morgan fingerprint density at radius 1 is 1.04 bits per heavy atom. The number of nitrogens with one attached hydrogen (secondary N) is 1. The van der Waals surface area contributed by atoms with Gasteiger partial charge in [0, 0.05) is 24.9 Å². The molecular weight excluding hydrogens is 370 g/mol. The van der Waals surface area contributed by atoms with Gasteiger partial charge in [-0.3, -0.25) is 0 Å². The molecule has 144 valence electrons. The smallest absolute Gasteiger partial charge is 0.179 e. The van der Waals surface area contributed by atoms with Gasteiger partial charge in [-0.2, -0.15) is 0 Å². The molecule has 0 saturated carbocycles. The van der Waals surface area contributed by atoms with Gasteiger partial charge in [-0.15, -0.1) is 12.4 Å². The molecule has 2 aromatic carbocycles. The van der Waals surface area contributed by atoms with Crippen molar-refractivity contribution < 1.29 is 13.5 Å². The summed E-state index contributed by atoms with van der Waals surface area (Å²) in [6.07, 6.45) is 1.12. The van der Waals surface area contributed by atoms with E-state index in [1.165, 1.54) is 5.56 Å². The van der Waals surface area contributed by atoms with E-state index in [1.54, 1.807) is 6.07 Å². The first kappa shape index (κ1) is 22.5. The molecule has 2 rings (SSSR count). The Morgan fingerprint density at radius 2 is 1.62 bits per heavy atom. The second kappa shape index (κ2) is 8.42. The average molecular weight is 398 g/mol. The highest BCUT2D eigenvalue weighted by molar-refractivity contribution is 7.90. The summed E-state index contributed by atoms with van der Waals surface area (Å²) in [5.41, 5.74) is 3.62. The topological polar surface area (TPSA) is 66.4 Å². The number of phenolic OH excluding ortho intramolecular Hbond substituents is 1. The summed E-state index contributed by atoms with van der Waals surface area (Å²) in [5, 5.41) is 13.7. The van der Waals surface area contributed by atoms with Crippen LogP contribution in [0.2, 0.25) is 0 Å². The molecule has 0 bridgehead atoms. The van der Waals surface area contributed by atoms with E-state index in [-0.39, 0.29) is 28.5 Å². The third-order valence-corrected chi connectivity index (χ3v) is 5.29. The molecule has 0 unspecified atom stereocenters. The van der Waals surface area contributed by atoms with Crippen molar-refractivity contribution in [1.29, 1.82) is 0 Å². The largest absolute Gasteiger partial charge is 0.506 e. The van der Waals surface area contributed by atoms with Crippen LogP contribution in [0.5, 0.6) is 5.75 Å². The lowest BCUT2D eigenvalue weighted by molar-refractivity contribution is 0.446. The van der Waals surface area contributed by atoms with Crippen molar-refractivity contribution in [2.45, 2.75) is 51.1 Å². The number of aromatic hydroxyl groups is 1. The van der Waals surface area contributed by atoms with Gasteiger partial charge >= 0.3 is 0 Å². The molecule has 0 heterocycles. The zero-order chi connectivity index (χ0) is 18.8. The van der Waals surface area contributed by atoms with Gasteiger partial charge in [-0.1, -0.05) is 56.7 Å². The molecule has 0 spiro atoms. The van der Waals surface area contributed by atoms with Crippen LogP contribution in [0.1, 0.15) is 43.0 Å². The Bertz CT molecular complexity index is 854. The van der Waals surface area contributed by atoms with Crippen molar-refractivity contribution in [3.63, 3.8) is 0 Å². The molecule has 0 aliphatic carbocycles. The molecular formula is C20H28ClNO3S. The molecule has 0 fully saturated rings. The summed E-state index contributed by atoms with van der Waals surface area (Å²) in [4.78, 5) is -0.00735. The van der Waals surface area contributed by atoms with Gasteiger partial charge in [0.1, 0.15) is 10.6 Å². The van der Waals surface area contributed by atoms with E-state index in [2.05, 4.69) is 29.6 Å². The van der Waals surface area contributed by atoms with Crippen LogP contribution < -0.4 is 5.32 Å². The molecule has 2 aromatic rings. The fraction of sp³-hybridized carbons (Fsp3) is 0.400. The first-order chi connectivity index (χ1) is 11.5. The molecule has 4 nitrogen and oxygen atoms in total. The highest BCUT2D eigenvalue weighted by Crippen LogP contribution is 2.33. The number of phenols is 1. The quantitative estimate of drug-likeness (QED) is 0.796. The molecule has 6 heteroatoms. The summed E-state index contributed by atoms with van der Waals surface area (Å²) in [5.74, 6) is -0.160. The van der Waals surface area contributed by atoms with Gasteiger partial charge < -0.3 is 10.4 Å². The Balaban J connectivity index is 0.00000338. The second-order valence-corrected chi connectivity index (χ2v) is 9.58. The highest BCUT2D eigenvalue weighted by Gasteiger charge is 2.22. The van der Waals surface area contributed by atoms with Crippen LogP contribution in [0.15, 0.2) is 41.3 Å². The van der Waals surface area contributed by atoms with Crippen molar-refractivity contribution >= 4 is 22.2 Å². The molecule has 0 amide bonds. The predicted octanol–water partition coefficient (Wildman–Crippen LogP) is 4.11. The van der Waals surface area contributed by atoms with Crippen molar-refractivity contribution in [3.05, 3.63) is 58.7 Å². The van der Waals surface area contributed by atoms with Crippen molar-refractivity contribution in [2.75, 3.05) is 6.26 Å². The van der Waals surface area contributed by atoms with Crippen molar-refractivity contribution in [1.82, 2.24) is 5.32 Å². The third-order valence-electron chi connectivity index (χ3n) is 4.18. The average Bonchev–Trinajstić information content (AvgIpc) is 2.48. The molecule has 26 heavy (non-hydrogen) atoms. The number of rotatable bonds is 5. The van der Waals surface area contributed by atoms with Gasteiger partial charge in [-0.05, 0) is 29.5 Å². The Hall–Kier alpha value is -1.56. The summed E-state index contributed by atoms with van der Waals surface area (Å²) < 4.78 is 24.1. The van der Waals surface area contributed by atoms with E-state index >= 15 is 0 Å². The number of hydrogen-bond acceptors (Lipinski definition) is 4. The Kier molecular flexibility index (Phi) is 7.28. The lowest BCUT2D eigenvalue weighted by atomic mass is 9.86. The molecule has 0 saturated heterocycles. The van der Waals surface area contributed by atoms with E-state index in [1.807, 2.05) is 33.8 Å². The van der Waals surface area contributed by atoms with E-state index in [9.17, 15) is 13.5 Å². The summed E-state index contributed by atoms with van der Waals surface area (Å²) in [6.45, 7) is 9.15. The van der Waals surface area contributed by atoms with E-state index < -0.39 is 9.84 Å². The lowest BCUT2D eigenvalue weighted by Crippen LogP contribution is -2.17. The van der Waals surface area contributed by atoms with Crippen LogP contribution in [-0.4, -0.2) is 19.8 Å². The molecule has 0 radical (unpaired) electrons. The maximum atomic E-state index is 12.0. The van der Waals surface area contributed by atoms with E-state index in [0.717, 1.165) is 17.4 Å². The Morgan fingerprint density at radius 3 is 2.12 bits per heavy atom. The normalized spacial score (nSPS) is 11.9. The molecule has 2 N–H and O–H groups in total. The predicted molar refractivity (Wildman–Crippen MR) is 109 cm³/mol. The SMILES string of the molecule is Cc1ccc(CNCc2cc(C(C)(C)C)cc(S(C)(=O)=O)c2O)cc1.Cl. The maximum Gasteiger partial charge on any atom is 0.179 e. The Labute approximate surface area is 163 Å². The van der Waals surface area contributed by atoms with Crippen LogP contribution >= 0.6 is 12.4 Å². The van der Waals surface area contributed by atoms with E-state index in [0.29, 0.717) is 18.7 Å². The minimum Gasteiger partial charge on any atom is -0.506 e. The number of halogens is 1. The first-order valence-corrected chi connectivity index (χ1v) is 10.2. The van der Waals surface area contributed by atoms with Gasteiger partial charge in [0.05, 0.1) is 0 Å². The van der Waals surface area contributed by atoms with Crippen LogP contribution in [0, 0.1) is 6.92 Å². The van der Waals surface area contributed by atoms with Crippen LogP contribution in [0.25, 0.3) is 0 Å². The van der Waals surface area contributed by atoms with Crippen molar-refractivity contribution in [2.24, 2.45) is 0 Å². The number of aryl methyl sites for hydroxylation is 1. The van der Waals surface area contributed by atoms with Gasteiger partial charge in [0.2, 0.25) is 0 Å². The maximum absolute atomic E-state index is 12.0. The number of benzene rings is 2. The van der Waals surface area contributed by atoms with Crippen LogP contribution in [0.3, 0.4) is 0 Å². The summed E-state index contributed by atoms with van der Waals surface area (Å²) in [6, 6.07) is 11.7. The zero-order valence-electron chi connectivity index (χ0n) is 16.0. The minimum absolute atomic E-state index is 0. The standard InChI is InChI=1S/C20H27NO3S.ClH/c1-14-6-8-15(9-7-14)12-21-13-16-10-17(20(2,3)4)11-18(19(16)22)25(5,23)24;/h6-11,21-22H,12-13H2,1-5H3;1H. The van der Waals surface area contributed by atoms with Crippen LogP contribution in [0.4, 0.5) is 0 Å². The van der Waals surface area contributed by atoms with E-state index in [4.69, 9.17) is 0 Å². The summed E-state index contributed by atoms with van der Waals surface area (Å²) in [7, 11) is -3.50. The zero-order valence-corrected chi connectivity index (χ0v) is 17.6. The molecule has 0 aromatic heterocycles. The monoisotopic (exact) mass is 397 g/mol. The highest BCUT2D eigenvalue weighted by atomic mass is 35.5. The molecule has 0 aliphatic rings. The molecule has 0 aliphatic heterocycles. The number of sulfone groups is 1. The number of hydrogen-bond donors (Lipinski definition) is 2. The van der Waals surface area contributed by atoms with Gasteiger partial charge in [0.15, 0.2) is 9.84 Å². The fourth-order valence-corrected chi connectivity index (χ4v) is 3.39. The van der Waals surface area contributed by atoms with Crippen LogP contribution in [-0.2, 0) is 28.3 Å². The van der Waals surface area contributed by atoms with Gasteiger partial charge in [0.25, 0.3) is 0 Å². The minimum atomic E-state index is -3.50.